The maximum absolute atomic E-state index is 11.8. The van der Waals surface area contributed by atoms with Gasteiger partial charge in [0.05, 0.1) is 25.0 Å². The number of nitrogens with zero attached hydrogens (tertiary/aromatic N) is 3. The fourth-order valence-electron chi connectivity index (χ4n) is 9.09. The summed E-state index contributed by atoms with van der Waals surface area (Å²) in [6, 6.07) is 0. The molecule has 4 N–H and O–H groups in total. The largest absolute Gasteiger partial charge is 0.393 e. The summed E-state index contributed by atoms with van der Waals surface area (Å²) in [5.41, 5.74) is 8.18. The van der Waals surface area contributed by atoms with Gasteiger partial charge in [-0.15, -0.1) is 0 Å². The van der Waals surface area contributed by atoms with E-state index in [2.05, 4.69) is 36.1 Å². The highest BCUT2D eigenvalue weighted by Crippen LogP contribution is 2.68. The molecule has 0 aromatic carbocycles. The number of hydrogen-bond donors (Lipinski definition) is 4. The molecule has 196 valence electrons. The summed E-state index contributed by atoms with van der Waals surface area (Å²) in [4.78, 5) is 14.4. The monoisotopic (exact) mass is 488 g/mol. The zero-order valence-corrected chi connectivity index (χ0v) is 21.5. The molecule has 4 saturated carbocycles. The Morgan fingerprint density at radius 1 is 1.17 bits per heavy atom. The quantitative estimate of drug-likeness (QED) is 0.184. The maximum atomic E-state index is 11.8. The van der Waals surface area contributed by atoms with Gasteiger partial charge in [-0.3, -0.25) is 4.79 Å². The first kappa shape index (κ1) is 26.5. The van der Waals surface area contributed by atoms with Crippen molar-refractivity contribution in [3.8, 4) is 0 Å². The molecule has 4 rings (SSSR count). The van der Waals surface area contributed by atoms with E-state index in [1.165, 1.54) is 6.08 Å². The van der Waals surface area contributed by atoms with Crippen LogP contribution in [0.15, 0.2) is 17.3 Å². The second kappa shape index (κ2) is 10.4. The molecule has 11 atom stereocenters. The summed E-state index contributed by atoms with van der Waals surface area (Å²) in [7, 11) is 0. The summed E-state index contributed by atoms with van der Waals surface area (Å²) < 4.78 is 0. The molecule has 0 bridgehead atoms. The zero-order chi connectivity index (χ0) is 25.4. The molecule has 0 saturated heterocycles. The minimum absolute atomic E-state index is 0.0514. The summed E-state index contributed by atoms with van der Waals surface area (Å²) in [6.07, 6.45) is 10.4. The van der Waals surface area contributed by atoms with Gasteiger partial charge >= 0.3 is 0 Å². The molecule has 4 aliphatic rings. The van der Waals surface area contributed by atoms with Gasteiger partial charge in [0.15, 0.2) is 0 Å². The minimum atomic E-state index is -0.375. The summed E-state index contributed by atoms with van der Waals surface area (Å²) in [6.45, 7) is 6.86. The third-order valence-corrected chi connectivity index (χ3v) is 11.0. The van der Waals surface area contributed by atoms with Crippen LogP contribution in [0.25, 0.3) is 10.4 Å². The van der Waals surface area contributed by atoms with Gasteiger partial charge in [-0.2, -0.15) is 0 Å². The Morgan fingerprint density at radius 2 is 1.94 bits per heavy atom. The van der Waals surface area contributed by atoms with Crippen LogP contribution in [0.5, 0.6) is 0 Å². The van der Waals surface area contributed by atoms with Gasteiger partial charge in [0.25, 0.3) is 0 Å². The first-order chi connectivity index (χ1) is 16.6. The van der Waals surface area contributed by atoms with Crippen molar-refractivity contribution in [2.24, 2.45) is 51.5 Å². The van der Waals surface area contributed by atoms with Crippen LogP contribution >= 0.6 is 0 Å². The molecule has 0 radical (unpaired) electrons. The van der Waals surface area contributed by atoms with Gasteiger partial charge < -0.3 is 20.6 Å². The molecule has 4 aliphatic carbocycles. The fraction of sp³-hybridized carbons (Fsp3) is 0.889. The highest BCUT2D eigenvalue weighted by Gasteiger charge is 2.65. The lowest BCUT2D eigenvalue weighted by molar-refractivity contribution is -0.207. The van der Waals surface area contributed by atoms with Crippen molar-refractivity contribution >= 4 is 5.91 Å². The summed E-state index contributed by atoms with van der Waals surface area (Å²) in [5, 5.41) is 39.1. The Balaban J connectivity index is 1.43. The van der Waals surface area contributed by atoms with E-state index in [-0.39, 0.29) is 47.6 Å². The molecular weight excluding hydrogens is 444 g/mol. The van der Waals surface area contributed by atoms with Gasteiger partial charge in [-0.25, -0.2) is 0 Å². The summed E-state index contributed by atoms with van der Waals surface area (Å²) in [5.74, 6) is 1.74. The number of fused-ring (bicyclic) bond motifs is 5. The molecule has 11 unspecified atom stereocenters. The molecule has 35 heavy (non-hydrogen) atoms. The second-order valence-corrected chi connectivity index (χ2v) is 12.4. The van der Waals surface area contributed by atoms with Crippen LogP contribution in [-0.2, 0) is 4.79 Å². The molecule has 0 aromatic heterocycles. The van der Waals surface area contributed by atoms with Gasteiger partial charge in [0.2, 0.25) is 5.91 Å². The van der Waals surface area contributed by atoms with Crippen LogP contribution in [0, 0.1) is 46.3 Å². The zero-order valence-electron chi connectivity index (χ0n) is 21.5. The van der Waals surface area contributed by atoms with E-state index < -0.39 is 0 Å². The Bertz CT molecular complexity index is 860. The van der Waals surface area contributed by atoms with Gasteiger partial charge in [-0.05, 0) is 116 Å². The van der Waals surface area contributed by atoms with Crippen molar-refractivity contribution in [1.82, 2.24) is 5.32 Å². The van der Waals surface area contributed by atoms with E-state index in [1.807, 2.05) is 6.08 Å². The number of carbonyl (C=O) groups is 1. The summed E-state index contributed by atoms with van der Waals surface area (Å²) >= 11 is 0. The van der Waals surface area contributed by atoms with Crippen molar-refractivity contribution < 1.29 is 20.1 Å². The molecule has 0 aromatic rings. The third-order valence-electron chi connectivity index (χ3n) is 11.0. The Hall–Kier alpha value is -1.60. The van der Waals surface area contributed by atoms with Crippen molar-refractivity contribution in [3.05, 3.63) is 22.6 Å². The highest BCUT2D eigenvalue weighted by atomic mass is 16.3. The maximum Gasteiger partial charge on any atom is 0.243 e. The van der Waals surface area contributed by atoms with Crippen LogP contribution in [0.2, 0.25) is 0 Å². The van der Waals surface area contributed by atoms with E-state index in [0.29, 0.717) is 29.6 Å². The first-order valence-electron chi connectivity index (χ1n) is 13.6. The number of nitrogens with one attached hydrogen (secondary N) is 1. The van der Waals surface area contributed by atoms with Crippen molar-refractivity contribution in [1.29, 1.82) is 0 Å². The Kier molecular flexibility index (Phi) is 7.87. The average Bonchev–Trinajstić information content (AvgIpc) is 3.17. The van der Waals surface area contributed by atoms with Crippen molar-refractivity contribution in [2.75, 3.05) is 6.67 Å². The van der Waals surface area contributed by atoms with E-state index in [0.717, 1.165) is 57.8 Å². The minimum Gasteiger partial charge on any atom is -0.393 e. The molecule has 0 aliphatic heterocycles. The fourth-order valence-corrected chi connectivity index (χ4v) is 9.09. The standard InChI is InChI=1S/C27H44N4O4/c1-16(6-4-5-7-24(35)29-15-30-31-28)19-8-9-20-25-21(14-23(34)27(19,20)3)26(2)11-10-18(32)12-17(26)13-22(25)33/h5,7,16-23,25,32-34H,4,6,8-15H2,1-3H3,(H,29,35)/b7-5+. The predicted molar refractivity (Wildman–Crippen MR) is 134 cm³/mol. The number of allylic oxidation sites excluding steroid dienone is 1. The van der Waals surface area contributed by atoms with Crippen molar-refractivity contribution in [3.63, 3.8) is 0 Å². The predicted octanol–water partition coefficient (Wildman–Crippen LogP) is 4.30. The van der Waals surface area contributed by atoms with Crippen LogP contribution in [0.3, 0.4) is 0 Å². The highest BCUT2D eigenvalue weighted by molar-refractivity contribution is 5.87. The number of amides is 1. The lowest BCUT2D eigenvalue weighted by atomic mass is 9.43. The lowest BCUT2D eigenvalue weighted by Gasteiger charge is -2.63. The van der Waals surface area contributed by atoms with Gasteiger partial charge in [0, 0.05) is 4.91 Å². The smallest absolute Gasteiger partial charge is 0.243 e. The van der Waals surface area contributed by atoms with E-state index in [9.17, 15) is 20.1 Å². The normalized spacial score (nSPS) is 45.7. The van der Waals surface area contributed by atoms with Crippen molar-refractivity contribution in [2.45, 2.75) is 96.9 Å². The average molecular weight is 489 g/mol. The second-order valence-electron chi connectivity index (χ2n) is 12.4. The SMILES string of the molecule is CC(CC/C=C/C(=O)NCN=[N+]=[N-])C1CCC2C3C(O)CC4CC(O)CCC4(C)C3CC(O)C12C. The molecule has 0 spiro atoms. The molecule has 8 heteroatoms. The molecule has 8 nitrogen and oxygen atoms in total. The number of aliphatic hydroxyl groups is 3. The van der Waals surface area contributed by atoms with Crippen LogP contribution in [-0.4, -0.2) is 46.2 Å². The molecular formula is C27H44N4O4. The number of rotatable bonds is 7. The number of hydrogen-bond acceptors (Lipinski definition) is 5. The van der Waals surface area contributed by atoms with E-state index in [1.54, 1.807) is 0 Å². The van der Waals surface area contributed by atoms with Crippen LogP contribution < -0.4 is 5.32 Å². The van der Waals surface area contributed by atoms with Crippen LogP contribution in [0.1, 0.15) is 78.6 Å². The molecule has 4 fully saturated rings. The van der Waals surface area contributed by atoms with Crippen LogP contribution in [0.4, 0.5) is 0 Å². The third kappa shape index (κ3) is 4.75. The first-order valence-corrected chi connectivity index (χ1v) is 13.6. The number of carbonyl (C=O) groups excluding carboxylic acids is 1. The number of aliphatic hydroxyl groups excluding tert-OH is 3. The van der Waals surface area contributed by atoms with E-state index in [4.69, 9.17) is 5.53 Å². The van der Waals surface area contributed by atoms with E-state index >= 15 is 0 Å². The number of azide groups is 1. The Morgan fingerprint density at radius 3 is 2.69 bits per heavy atom. The Labute approximate surface area is 209 Å². The molecule has 0 heterocycles. The van der Waals surface area contributed by atoms with Gasteiger partial charge in [-0.1, -0.05) is 32.0 Å². The topological polar surface area (TPSA) is 139 Å². The van der Waals surface area contributed by atoms with Gasteiger partial charge in [0.1, 0.15) is 0 Å². The molecule has 1 amide bonds. The lowest BCUT2D eigenvalue weighted by Crippen LogP contribution is -2.62.